The van der Waals surface area contributed by atoms with E-state index in [1.807, 2.05) is 0 Å². The fourth-order valence-corrected chi connectivity index (χ4v) is 10.5. The first-order valence-corrected chi connectivity index (χ1v) is 15.2. The van der Waals surface area contributed by atoms with Crippen molar-refractivity contribution in [3.63, 3.8) is 0 Å². The third-order valence-electron chi connectivity index (χ3n) is 11.7. The Labute approximate surface area is 228 Å². The summed E-state index contributed by atoms with van der Waals surface area (Å²) in [4.78, 5) is 28.1. The van der Waals surface area contributed by atoms with Crippen molar-refractivity contribution in [1.29, 1.82) is 0 Å². The lowest BCUT2D eigenvalue weighted by atomic mass is 9.50. The van der Waals surface area contributed by atoms with Crippen molar-refractivity contribution in [1.82, 2.24) is 0 Å². The molecule has 8 heteroatoms. The Balaban J connectivity index is 1.16. The molecular weight excluding hydrogens is 504 g/mol. The third kappa shape index (κ3) is 4.04. The smallest absolute Gasteiger partial charge is 0.339 e. The first-order chi connectivity index (χ1) is 18.2. The van der Waals surface area contributed by atoms with Crippen LogP contribution < -0.4 is 0 Å². The van der Waals surface area contributed by atoms with Gasteiger partial charge in [-0.1, -0.05) is 5.04 Å². The van der Waals surface area contributed by atoms with Crippen LogP contribution in [0.3, 0.4) is 0 Å². The summed E-state index contributed by atoms with van der Waals surface area (Å²) in [5.74, 6) is 3.60. The van der Waals surface area contributed by atoms with E-state index in [1.165, 1.54) is 12.8 Å². The third-order valence-corrected chi connectivity index (χ3v) is 12.3. The zero-order valence-electron chi connectivity index (χ0n) is 22.2. The van der Waals surface area contributed by atoms with Crippen molar-refractivity contribution in [2.75, 3.05) is 0 Å². The standard InChI is InChI=1S/C30H38O7S/c1-29(20-7-16-5-17(9-20)10-21(29)8-16)34-27(31)25-4-3-24(38-37-36-33)15-26(25)28(32)35-30(2)22-11-18-6-19(13-22)14-23(30)12-18/h3-4,15-23,33H,5-14H2,1-2H3. The fraction of sp³-hybridized carbons (Fsp3) is 0.733. The van der Waals surface area contributed by atoms with Gasteiger partial charge in [0, 0.05) is 4.90 Å². The molecule has 206 valence electrons. The molecule has 9 rings (SSSR count). The summed E-state index contributed by atoms with van der Waals surface area (Å²) in [7, 11) is 0. The lowest BCUT2D eigenvalue weighted by molar-refractivity contribution is -0.432. The zero-order chi connectivity index (χ0) is 26.2. The van der Waals surface area contributed by atoms with E-state index in [9.17, 15) is 9.59 Å². The molecule has 8 aliphatic carbocycles. The maximum Gasteiger partial charge on any atom is 0.339 e. The second-order valence-electron chi connectivity index (χ2n) is 13.7. The molecular formula is C30H38O7S. The molecule has 8 bridgehead atoms. The number of benzene rings is 1. The van der Waals surface area contributed by atoms with Gasteiger partial charge in [-0.05, 0) is 144 Å². The highest BCUT2D eigenvalue weighted by Gasteiger charge is 2.58. The van der Waals surface area contributed by atoms with Gasteiger partial charge in [-0.15, -0.1) is 4.33 Å². The van der Waals surface area contributed by atoms with Crippen LogP contribution in [0, 0.1) is 47.3 Å². The van der Waals surface area contributed by atoms with Crippen LogP contribution in [-0.4, -0.2) is 28.4 Å². The molecule has 0 amide bonds. The second-order valence-corrected chi connectivity index (χ2v) is 14.5. The number of hydrogen-bond donors (Lipinski definition) is 1. The van der Waals surface area contributed by atoms with Crippen LogP contribution in [-0.2, 0) is 18.8 Å². The molecule has 0 aromatic heterocycles. The molecule has 7 nitrogen and oxygen atoms in total. The Morgan fingerprint density at radius 1 is 0.711 bits per heavy atom. The van der Waals surface area contributed by atoms with Crippen molar-refractivity contribution in [2.24, 2.45) is 47.3 Å². The minimum absolute atomic E-state index is 0.184. The van der Waals surface area contributed by atoms with Gasteiger partial charge in [0.05, 0.1) is 23.2 Å². The topological polar surface area (TPSA) is 91.3 Å². The number of carbonyl (C=O) groups excluding carboxylic acids is 2. The summed E-state index contributed by atoms with van der Waals surface area (Å²) in [6.07, 6.45) is 11.6. The molecule has 1 aromatic rings. The minimum Gasteiger partial charge on any atom is -0.455 e. The van der Waals surface area contributed by atoms with E-state index in [1.54, 1.807) is 18.2 Å². The van der Waals surface area contributed by atoms with E-state index in [2.05, 4.69) is 23.2 Å². The van der Waals surface area contributed by atoms with Crippen LogP contribution in [0.25, 0.3) is 0 Å². The highest BCUT2D eigenvalue weighted by molar-refractivity contribution is 7.94. The summed E-state index contributed by atoms with van der Waals surface area (Å²) < 4.78 is 17.4. The molecule has 0 aliphatic heterocycles. The average Bonchev–Trinajstić information content (AvgIpc) is 2.88. The van der Waals surface area contributed by atoms with E-state index >= 15 is 0 Å². The van der Waals surface area contributed by atoms with Gasteiger partial charge in [-0.25, -0.2) is 14.8 Å². The van der Waals surface area contributed by atoms with E-state index in [4.69, 9.17) is 14.7 Å². The number of hydrogen-bond acceptors (Lipinski definition) is 8. The molecule has 38 heavy (non-hydrogen) atoms. The van der Waals surface area contributed by atoms with E-state index < -0.39 is 23.1 Å². The quantitative estimate of drug-likeness (QED) is 0.173. The number of rotatable bonds is 7. The Morgan fingerprint density at radius 3 is 1.55 bits per heavy atom. The van der Waals surface area contributed by atoms with Crippen molar-refractivity contribution in [3.05, 3.63) is 29.3 Å². The SMILES string of the molecule is CC1(OC(=O)c2ccc(SOOO)cc2C(=O)OC2(C)C3CC4CC(C3)CC2C4)C2CC3CC(C2)CC1C3. The van der Waals surface area contributed by atoms with Crippen LogP contribution in [0.2, 0.25) is 0 Å². The van der Waals surface area contributed by atoms with Gasteiger partial charge >= 0.3 is 11.9 Å². The van der Waals surface area contributed by atoms with Crippen molar-refractivity contribution in [2.45, 2.75) is 94.2 Å². The number of esters is 2. The van der Waals surface area contributed by atoms with Gasteiger partial charge in [-0.3, -0.25) is 0 Å². The Hall–Kier alpha value is -1.61. The molecule has 8 fully saturated rings. The van der Waals surface area contributed by atoms with Gasteiger partial charge in [0.15, 0.2) is 0 Å². The maximum atomic E-state index is 13.8. The van der Waals surface area contributed by atoms with Gasteiger partial charge in [0.1, 0.15) is 11.2 Å². The predicted molar refractivity (Wildman–Crippen MR) is 139 cm³/mol. The largest absolute Gasteiger partial charge is 0.455 e. The molecule has 0 atom stereocenters. The van der Waals surface area contributed by atoms with E-state index in [-0.39, 0.29) is 11.1 Å². The summed E-state index contributed by atoms with van der Waals surface area (Å²) in [5, 5.41) is 12.4. The fourth-order valence-electron chi connectivity index (χ4n) is 10.1. The van der Waals surface area contributed by atoms with Crippen LogP contribution in [0.5, 0.6) is 0 Å². The highest BCUT2D eigenvalue weighted by atomic mass is 32.2. The monoisotopic (exact) mass is 542 g/mol. The number of carbonyl (C=O) groups is 2. The van der Waals surface area contributed by atoms with Crippen molar-refractivity contribution in [3.8, 4) is 0 Å². The predicted octanol–water partition coefficient (Wildman–Crippen LogP) is 6.86. The summed E-state index contributed by atoms with van der Waals surface area (Å²) in [6, 6.07) is 4.86. The van der Waals surface area contributed by atoms with Gasteiger partial charge in [-0.2, -0.15) is 0 Å². The van der Waals surface area contributed by atoms with E-state index in [0.29, 0.717) is 28.6 Å². The zero-order valence-corrected chi connectivity index (χ0v) is 23.0. The summed E-state index contributed by atoms with van der Waals surface area (Å²) in [6.45, 7) is 4.22. The molecule has 1 N–H and O–H groups in total. The highest BCUT2D eigenvalue weighted by Crippen LogP contribution is 2.61. The minimum atomic E-state index is -0.521. The van der Waals surface area contributed by atoms with Gasteiger partial charge in [0.25, 0.3) is 0 Å². The van der Waals surface area contributed by atoms with Crippen molar-refractivity contribution >= 4 is 24.0 Å². The molecule has 0 radical (unpaired) electrons. The first-order valence-electron chi connectivity index (χ1n) is 14.5. The Kier molecular flexibility index (Phi) is 6.15. The lowest BCUT2D eigenvalue weighted by Crippen LogP contribution is -2.58. The molecule has 0 spiro atoms. The van der Waals surface area contributed by atoms with E-state index in [0.717, 1.165) is 87.1 Å². The second kappa shape index (κ2) is 9.22. The molecule has 8 saturated carbocycles. The Morgan fingerprint density at radius 2 is 1.13 bits per heavy atom. The lowest BCUT2D eigenvalue weighted by Gasteiger charge is -2.59. The number of ether oxygens (including phenoxy) is 2. The maximum absolute atomic E-state index is 13.8. The molecule has 8 aliphatic rings. The van der Waals surface area contributed by atoms with Crippen LogP contribution in [0.1, 0.15) is 98.8 Å². The van der Waals surface area contributed by atoms with Crippen LogP contribution in [0.4, 0.5) is 0 Å². The van der Waals surface area contributed by atoms with Gasteiger partial charge in [0.2, 0.25) is 0 Å². The molecule has 0 unspecified atom stereocenters. The normalized spacial score (nSPS) is 43.9. The summed E-state index contributed by atoms with van der Waals surface area (Å²) in [5.41, 5.74) is -0.608. The van der Waals surface area contributed by atoms with Gasteiger partial charge < -0.3 is 9.47 Å². The summed E-state index contributed by atoms with van der Waals surface area (Å²) >= 11 is 0.762. The Bertz CT molecular complexity index is 1080. The van der Waals surface area contributed by atoms with Crippen LogP contribution in [0.15, 0.2) is 23.1 Å². The molecule has 1 aromatic carbocycles. The molecule has 0 heterocycles. The first kappa shape index (κ1) is 25.4. The average molecular weight is 543 g/mol. The molecule has 0 saturated heterocycles. The van der Waals surface area contributed by atoms with Crippen LogP contribution >= 0.6 is 12.0 Å². The van der Waals surface area contributed by atoms with Crippen molar-refractivity contribution < 1.29 is 33.7 Å².